The van der Waals surface area contributed by atoms with E-state index in [-0.39, 0.29) is 10.3 Å². The lowest BCUT2D eigenvalue weighted by molar-refractivity contribution is 1.01. The van der Waals surface area contributed by atoms with E-state index in [1.165, 1.54) is 6.20 Å². The van der Waals surface area contributed by atoms with Gasteiger partial charge in [-0.15, -0.1) is 0 Å². The molecule has 0 bridgehead atoms. The topological polar surface area (TPSA) is 45.8 Å². The molecule has 0 amide bonds. The van der Waals surface area contributed by atoms with Gasteiger partial charge in [0.15, 0.2) is 0 Å². The first kappa shape index (κ1) is 3.51. The van der Waals surface area contributed by atoms with E-state index in [1.807, 2.05) is 0 Å². The number of H-pyrrole nitrogens is 1. The summed E-state index contributed by atoms with van der Waals surface area (Å²) in [6.45, 7) is -2.36. The van der Waals surface area contributed by atoms with Gasteiger partial charge in [0, 0.05) is 10.3 Å². The number of nitrogens with one attached hydrogen (secondary N) is 1. The third-order valence-electron chi connectivity index (χ3n) is 0.756. The highest BCUT2D eigenvalue weighted by Crippen LogP contribution is 1.96. The Labute approximate surface area is 64.5 Å². The molecule has 0 saturated heterocycles. The second-order valence-corrected chi connectivity index (χ2v) is 2.26. The summed E-state index contributed by atoms with van der Waals surface area (Å²) >= 11 is 2.91. The van der Waals surface area contributed by atoms with E-state index in [9.17, 15) is 4.79 Å². The van der Waals surface area contributed by atoms with Gasteiger partial charge in [-0.2, -0.15) is 0 Å². The first-order chi connectivity index (χ1) is 5.41. The standard InChI is InChI=1S/C5H5BrN2O/c1-3-7-2-4(6)5(9)8-3/h2H,1H3,(H,7,8,9)/i1D3. The van der Waals surface area contributed by atoms with Crippen molar-refractivity contribution >= 4 is 15.9 Å². The first-order valence-corrected chi connectivity index (χ1v) is 2.96. The summed E-state index contributed by atoms with van der Waals surface area (Å²) < 4.78 is 21.0. The fraction of sp³-hybridized carbons (Fsp3) is 0.200. The lowest BCUT2D eigenvalue weighted by Gasteiger charge is -1.88. The maximum atomic E-state index is 10.9. The Bertz CT molecular complexity index is 345. The van der Waals surface area contributed by atoms with Crippen molar-refractivity contribution in [2.24, 2.45) is 0 Å². The average molecular weight is 192 g/mol. The molecule has 0 spiro atoms. The number of nitrogens with zero attached hydrogens (tertiary/aromatic N) is 1. The van der Waals surface area contributed by atoms with Crippen molar-refractivity contribution in [1.29, 1.82) is 0 Å². The number of aryl methyl sites for hydroxylation is 1. The molecule has 9 heavy (non-hydrogen) atoms. The number of hydrogen-bond donors (Lipinski definition) is 1. The molecule has 0 aliphatic heterocycles. The minimum atomic E-state index is -2.36. The Morgan fingerprint density at radius 2 is 2.78 bits per heavy atom. The van der Waals surface area contributed by atoms with Gasteiger partial charge in [-0.25, -0.2) is 4.98 Å². The lowest BCUT2D eigenvalue weighted by Crippen LogP contribution is -2.08. The van der Waals surface area contributed by atoms with Crippen molar-refractivity contribution in [3.05, 3.63) is 26.8 Å². The third-order valence-corrected chi connectivity index (χ3v) is 1.32. The fourth-order valence-corrected chi connectivity index (χ4v) is 0.581. The maximum absolute atomic E-state index is 10.9. The lowest BCUT2D eigenvalue weighted by atomic mass is 10.6. The molecule has 1 rings (SSSR count). The molecule has 0 atom stereocenters. The molecule has 0 aliphatic carbocycles. The van der Waals surface area contributed by atoms with Crippen LogP contribution in [0, 0.1) is 6.85 Å². The van der Waals surface area contributed by atoms with Crippen LogP contribution in [0.1, 0.15) is 9.94 Å². The van der Waals surface area contributed by atoms with E-state index in [4.69, 9.17) is 4.11 Å². The van der Waals surface area contributed by atoms with E-state index < -0.39 is 12.4 Å². The van der Waals surface area contributed by atoms with Crippen LogP contribution in [0.5, 0.6) is 0 Å². The number of halogens is 1. The monoisotopic (exact) mass is 191 g/mol. The van der Waals surface area contributed by atoms with Gasteiger partial charge in [-0.05, 0) is 22.8 Å². The van der Waals surface area contributed by atoms with Gasteiger partial charge in [0.1, 0.15) is 10.3 Å². The highest BCUT2D eigenvalue weighted by atomic mass is 79.9. The van der Waals surface area contributed by atoms with Gasteiger partial charge < -0.3 is 4.98 Å². The van der Waals surface area contributed by atoms with Crippen molar-refractivity contribution in [1.82, 2.24) is 9.97 Å². The number of rotatable bonds is 0. The van der Waals surface area contributed by atoms with E-state index in [0.717, 1.165) is 0 Å². The molecular formula is C5H5BrN2O. The molecular weight excluding hydrogens is 184 g/mol. The zero-order valence-electron chi connectivity index (χ0n) is 7.31. The van der Waals surface area contributed by atoms with Crippen LogP contribution in [-0.2, 0) is 0 Å². The predicted molar refractivity (Wildman–Crippen MR) is 37.3 cm³/mol. The largest absolute Gasteiger partial charge is 0.310 e. The molecule has 1 aromatic rings. The molecule has 0 fully saturated rings. The second kappa shape index (κ2) is 2.31. The summed E-state index contributed by atoms with van der Waals surface area (Å²) in [6, 6.07) is 0. The number of aromatic nitrogens is 2. The smallest absolute Gasteiger partial charge is 0.265 e. The summed E-state index contributed by atoms with van der Waals surface area (Å²) in [6.07, 6.45) is 1.17. The molecule has 1 N–H and O–H groups in total. The van der Waals surface area contributed by atoms with Crippen molar-refractivity contribution in [3.8, 4) is 0 Å². The number of aromatic amines is 1. The summed E-state index contributed by atoms with van der Waals surface area (Å²) in [4.78, 5) is 16.6. The van der Waals surface area contributed by atoms with Gasteiger partial charge in [-0.3, -0.25) is 4.79 Å². The summed E-state index contributed by atoms with van der Waals surface area (Å²) in [5.74, 6) is -0.296. The minimum absolute atomic E-state index is 0.218. The fourth-order valence-electron chi connectivity index (χ4n) is 0.379. The first-order valence-electron chi connectivity index (χ1n) is 3.66. The van der Waals surface area contributed by atoms with E-state index >= 15 is 0 Å². The van der Waals surface area contributed by atoms with Gasteiger partial charge >= 0.3 is 0 Å². The predicted octanol–water partition coefficient (Wildman–Crippen LogP) is 0.841. The molecule has 0 saturated carbocycles. The van der Waals surface area contributed by atoms with Crippen LogP contribution in [0.4, 0.5) is 0 Å². The normalized spacial score (nSPS) is 15.9. The molecule has 1 aromatic heterocycles. The Hall–Kier alpha value is -0.640. The van der Waals surface area contributed by atoms with Crippen molar-refractivity contribution in [2.75, 3.05) is 0 Å². The third kappa shape index (κ3) is 1.38. The van der Waals surface area contributed by atoms with Crippen LogP contribution in [0.15, 0.2) is 15.5 Å². The van der Waals surface area contributed by atoms with Crippen LogP contribution in [0.2, 0.25) is 0 Å². The van der Waals surface area contributed by atoms with E-state index in [2.05, 4.69) is 25.9 Å². The zero-order chi connectivity index (χ0) is 9.35. The molecule has 3 nitrogen and oxygen atoms in total. The zero-order valence-corrected chi connectivity index (χ0v) is 5.90. The Morgan fingerprint density at radius 1 is 2.00 bits per heavy atom. The average Bonchev–Trinajstić information content (AvgIpc) is 1.92. The highest BCUT2D eigenvalue weighted by molar-refractivity contribution is 9.10. The Morgan fingerprint density at radius 3 is 3.33 bits per heavy atom. The van der Waals surface area contributed by atoms with E-state index in [1.54, 1.807) is 0 Å². The van der Waals surface area contributed by atoms with Crippen LogP contribution in [0.25, 0.3) is 0 Å². The summed E-state index contributed by atoms with van der Waals surface area (Å²) in [5.41, 5.74) is -0.490. The van der Waals surface area contributed by atoms with Crippen LogP contribution in [0.3, 0.4) is 0 Å². The quantitative estimate of drug-likeness (QED) is 0.661. The van der Waals surface area contributed by atoms with Gasteiger partial charge in [-0.1, -0.05) is 0 Å². The van der Waals surface area contributed by atoms with Crippen LogP contribution >= 0.6 is 15.9 Å². The van der Waals surface area contributed by atoms with Crippen molar-refractivity contribution < 1.29 is 4.11 Å². The molecule has 0 unspecified atom stereocenters. The van der Waals surface area contributed by atoms with E-state index in [0.29, 0.717) is 0 Å². The van der Waals surface area contributed by atoms with Gasteiger partial charge in [0.2, 0.25) is 0 Å². The molecule has 48 valence electrons. The second-order valence-electron chi connectivity index (χ2n) is 1.41. The SMILES string of the molecule is [2H]C([2H])([2H])c1ncc(Br)c(=O)[nH]1. The van der Waals surface area contributed by atoms with Crippen LogP contribution < -0.4 is 5.56 Å². The molecule has 0 aromatic carbocycles. The Balaban J connectivity index is 3.23. The minimum Gasteiger partial charge on any atom is -0.310 e. The summed E-state index contributed by atoms with van der Waals surface area (Å²) in [7, 11) is 0. The molecule has 0 aliphatic rings. The van der Waals surface area contributed by atoms with Gasteiger partial charge in [0.05, 0.1) is 0 Å². The maximum Gasteiger partial charge on any atom is 0.265 e. The van der Waals surface area contributed by atoms with Gasteiger partial charge in [0.25, 0.3) is 5.56 Å². The molecule has 0 radical (unpaired) electrons. The van der Waals surface area contributed by atoms with Crippen molar-refractivity contribution in [2.45, 2.75) is 6.85 Å². The van der Waals surface area contributed by atoms with Crippen LogP contribution in [-0.4, -0.2) is 9.97 Å². The van der Waals surface area contributed by atoms with Crippen molar-refractivity contribution in [3.63, 3.8) is 0 Å². The highest BCUT2D eigenvalue weighted by Gasteiger charge is 1.92. The Kier molecular flexibility index (Phi) is 0.899. The number of hydrogen-bond acceptors (Lipinski definition) is 2. The summed E-state index contributed by atoms with van der Waals surface area (Å²) in [5, 5.41) is 0. The molecule has 1 heterocycles. The molecule has 4 heteroatoms.